The van der Waals surface area contributed by atoms with E-state index in [-0.39, 0.29) is 18.6 Å². The molecule has 0 aliphatic carbocycles. The van der Waals surface area contributed by atoms with Crippen LogP contribution >= 0.6 is 0 Å². The fraction of sp³-hybridized carbons (Fsp3) is 0.538. The summed E-state index contributed by atoms with van der Waals surface area (Å²) in [4.78, 5) is 0. The van der Waals surface area contributed by atoms with Gasteiger partial charge in [0, 0.05) is 18.6 Å². The molecular weight excluding hydrogens is 218 g/mol. The number of hydrogen-bond acceptors (Lipinski definition) is 4. The zero-order valence-corrected chi connectivity index (χ0v) is 10.6. The lowest BCUT2D eigenvalue weighted by Gasteiger charge is -2.15. The molecule has 1 rings (SSSR count). The first-order valence-corrected chi connectivity index (χ1v) is 5.75. The lowest BCUT2D eigenvalue weighted by molar-refractivity contribution is 0.171. The SMILES string of the molecule is COc1cc(C(C)N)ccc1OCC(C)CO. The summed E-state index contributed by atoms with van der Waals surface area (Å²) in [5, 5.41) is 8.93. The summed E-state index contributed by atoms with van der Waals surface area (Å²) in [7, 11) is 1.60. The molecule has 0 aliphatic heterocycles. The predicted octanol–water partition coefficient (Wildman–Crippen LogP) is 1.72. The summed E-state index contributed by atoms with van der Waals surface area (Å²) in [5.74, 6) is 1.45. The van der Waals surface area contributed by atoms with E-state index in [1.807, 2.05) is 32.0 Å². The average molecular weight is 239 g/mol. The summed E-state index contributed by atoms with van der Waals surface area (Å²) < 4.78 is 10.8. The Morgan fingerprint density at radius 1 is 1.29 bits per heavy atom. The molecule has 0 amide bonds. The van der Waals surface area contributed by atoms with Crippen LogP contribution in [-0.4, -0.2) is 25.4 Å². The molecule has 0 fully saturated rings. The van der Waals surface area contributed by atoms with Crippen molar-refractivity contribution in [2.24, 2.45) is 11.7 Å². The van der Waals surface area contributed by atoms with Gasteiger partial charge in [0.05, 0.1) is 13.7 Å². The van der Waals surface area contributed by atoms with Crippen molar-refractivity contribution in [3.05, 3.63) is 23.8 Å². The van der Waals surface area contributed by atoms with Gasteiger partial charge in [-0.3, -0.25) is 0 Å². The molecule has 0 aliphatic rings. The van der Waals surface area contributed by atoms with Crippen LogP contribution in [0.25, 0.3) is 0 Å². The highest BCUT2D eigenvalue weighted by atomic mass is 16.5. The third-order valence-corrected chi connectivity index (χ3v) is 2.55. The zero-order valence-electron chi connectivity index (χ0n) is 10.6. The second-order valence-electron chi connectivity index (χ2n) is 4.30. The summed E-state index contributed by atoms with van der Waals surface area (Å²) >= 11 is 0. The number of ether oxygens (including phenoxy) is 2. The summed E-state index contributed by atoms with van der Waals surface area (Å²) in [5.41, 5.74) is 6.81. The Labute approximate surface area is 102 Å². The van der Waals surface area contributed by atoms with Crippen LogP contribution in [0, 0.1) is 5.92 Å². The number of benzene rings is 1. The Morgan fingerprint density at radius 2 is 2.00 bits per heavy atom. The Hall–Kier alpha value is -1.26. The van der Waals surface area contributed by atoms with Crippen LogP contribution in [0.3, 0.4) is 0 Å². The molecule has 0 spiro atoms. The molecule has 0 heterocycles. The smallest absolute Gasteiger partial charge is 0.161 e. The first-order chi connectivity index (χ1) is 8.08. The molecular formula is C13H21NO3. The standard InChI is InChI=1S/C13H21NO3/c1-9(7-15)8-17-12-5-4-11(10(2)14)6-13(12)16-3/h4-6,9-10,15H,7-8,14H2,1-3H3. The van der Waals surface area contributed by atoms with E-state index in [0.29, 0.717) is 18.1 Å². The van der Waals surface area contributed by atoms with Gasteiger partial charge in [-0.25, -0.2) is 0 Å². The van der Waals surface area contributed by atoms with Gasteiger partial charge in [0.25, 0.3) is 0 Å². The first-order valence-electron chi connectivity index (χ1n) is 5.75. The summed E-state index contributed by atoms with van der Waals surface area (Å²) in [6.45, 7) is 4.41. The van der Waals surface area contributed by atoms with Crippen LogP contribution in [0.5, 0.6) is 11.5 Å². The average Bonchev–Trinajstić information content (AvgIpc) is 2.35. The zero-order chi connectivity index (χ0) is 12.8. The molecule has 96 valence electrons. The van der Waals surface area contributed by atoms with Gasteiger partial charge in [-0.1, -0.05) is 13.0 Å². The van der Waals surface area contributed by atoms with E-state index in [1.54, 1.807) is 7.11 Å². The minimum absolute atomic E-state index is 0.0330. The van der Waals surface area contributed by atoms with Crippen LogP contribution in [0.15, 0.2) is 18.2 Å². The lowest BCUT2D eigenvalue weighted by atomic mass is 10.1. The van der Waals surface area contributed by atoms with E-state index in [0.717, 1.165) is 5.56 Å². The van der Waals surface area contributed by atoms with Gasteiger partial charge in [0.1, 0.15) is 0 Å². The predicted molar refractivity (Wildman–Crippen MR) is 67.3 cm³/mol. The normalized spacial score (nSPS) is 14.2. The van der Waals surface area contributed by atoms with Crippen molar-refractivity contribution in [1.29, 1.82) is 0 Å². The van der Waals surface area contributed by atoms with Gasteiger partial charge in [0.15, 0.2) is 11.5 Å². The Kier molecular flexibility index (Phi) is 5.25. The fourth-order valence-electron chi connectivity index (χ4n) is 1.37. The molecule has 4 heteroatoms. The molecule has 0 radical (unpaired) electrons. The van der Waals surface area contributed by atoms with Gasteiger partial charge in [-0.05, 0) is 24.6 Å². The molecule has 0 saturated carbocycles. The minimum Gasteiger partial charge on any atom is -0.493 e. The summed E-state index contributed by atoms with van der Waals surface area (Å²) in [6, 6.07) is 5.62. The van der Waals surface area contributed by atoms with Crippen molar-refractivity contribution in [3.8, 4) is 11.5 Å². The minimum atomic E-state index is -0.0330. The maximum absolute atomic E-state index is 8.93. The number of nitrogens with two attached hydrogens (primary N) is 1. The number of aliphatic hydroxyl groups excluding tert-OH is 1. The Bertz CT molecular complexity index is 353. The van der Waals surface area contributed by atoms with Gasteiger partial charge >= 0.3 is 0 Å². The summed E-state index contributed by atoms with van der Waals surface area (Å²) in [6.07, 6.45) is 0. The van der Waals surface area contributed by atoms with Gasteiger partial charge in [0.2, 0.25) is 0 Å². The van der Waals surface area contributed by atoms with Crippen molar-refractivity contribution >= 4 is 0 Å². The van der Waals surface area contributed by atoms with Crippen LogP contribution < -0.4 is 15.2 Å². The van der Waals surface area contributed by atoms with Crippen LogP contribution in [0.2, 0.25) is 0 Å². The van der Waals surface area contributed by atoms with Crippen LogP contribution in [0.4, 0.5) is 0 Å². The fourth-order valence-corrected chi connectivity index (χ4v) is 1.37. The highest BCUT2D eigenvalue weighted by Gasteiger charge is 2.09. The molecule has 1 aromatic rings. The molecule has 2 unspecified atom stereocenters. The molecule has 0 aromatic heterocycles. The molecule has 4 nitrogen and oxygen atoms in total. The molecule has 3 N–H and O–H groups in total. The molecule has 1 aromatic carbocycles. The lowest BCUT2D eigenvalue weighted by Crippen LogP contribution is -2.13. The van der Waals surface area contributed by atoms with Crippen molar-refractivity contribution in [2.75, 3.05) is 20.3 Å². The van der Waals surface area contributed by atoms with E-state index in [1.165, 1.54) is 0 Å². The Morgan fingerprint density at radius 3 is 2.53 bits per heavy atom. The van der Waals surface area contributed by atoms with Crippen molar-refractivity contribution in [3.63, 3.8) is 0 Å². The molecule has 0 saturated heterocycles. The van der Waals surface area contributed by atoms with Crippen LogP contribution in [-0.2, 0) is 0 Å². The second kappa shape index (κ2) is 6.47. The maximum atomic E-state index is 8.93. The number of hydrogen-bond donors (Lipinski definition) is 2. The molecule has 17 heavy (non-hydrogen) atoms. The van der Waals surface area contributed by atoms with Crippen LogP contribution in [0.1, 0.15) is 25.5 Å². The third kappa shape index (κ3) is 3.91. The van der Waals surface area contributed by atoms with Crippen molar-refractivity contribution in [1.82, 2.24) is 0 Å². The monoisotopic (exact) mass is 239 g/mol. The Balaban J connectivity index is 2.78. The molecule has 2 atom stereocenters. The number of rotatable bonds is 6. The van der Waals surface area contributed by atoms with Crippen molar-refractivity contribution < 1.29 is 14.6 Å². The number of methoxy groups -OCH3 is 1. The number of aliphatic hydroxyl groups is 1. The van der Waals surface area contributed by atoms with E-state index in [4.69, 9.17) is 20.3 Å². The second-order valence-corrected chi connectivity index (χ2v) is 4.30. The highest BCUT2D eigenvalue weighted by molar-refractivity contribution is 5.43. The first kappa shape index (κ1) is 13.8. The highest BCUT2D eigenvalue weighted by Crippen LogP contribution is 2.30. The van der Waals surface area contributed by atoms with Gasteiger partial charge in [-0.2, -0.15) is 0 Å². The van der Waals surface area contributed by atoms with E-state index >= 15 is 0 Å². The quantitative estimate of drug-likeness (QED) is 0.793. The van der Waals surface area contributed by atoms with Gasteiger partial charge < -0.3 is 20.3 Å². The molecule has 0 bridgehead atoms. The third-order valence-electron chi connectivity index (χ3n) is 2.55. The largest absolute Gasteiger partial charge is 0.493 e. The van der Waals surface area contributed by atoms with E-state index in [9.17, 15) is 0 Å². The van der Waals surface area contributed by atoms with Gasteiger partial charge in [-0.15, -0.1) is 0 Å². The van der Waals surface area contributed by atoms with E-state index in [2.05, 4.69) is 0 Å². The maximum Gasteiger partial charge on any atom is 0.161 e. The van der Waals surface area contributed by atoms with E-state index < -0.39 is 0 Å². The topological polar surface area (TPSA) is 64.7 Å². The van der Waals surface area contributed by atoms with Crippen molar-refractivity contribution in [2.45, 2.75) is 19.9 Å².